The van der Waals surface area contributed by atoms with E-state index < -0.39 is 59.8 Å². The molecule has 0 bridgehead atoms. The monoisotopic (exact) mass is 388 g/mol. The largest absolute Gasteiger partial charge is 0.401 e. The van der Waals surface area contributed by atoms with Gasteiger partial charge in [-0.2, -0.15) is 13.2 Å². The Labute approximate surface area is 151 Å². The number of nitro benzene ring substituents is 1. The van der Waals surface area contributed by atoms with Crippen LogP contribution in [0.5, 0.6) is 0 Å². The molecule has 1 heterocycles. The van der Waals surface area contributed by atoms with Crippen molar-refractivity contribution in [3.05, 3.63) is 39.4 Å². The molecule has 1 aromatic rings. The van der Waals surface area contributed by atoms with Crippen LogP contribution in [0.2, 0.25) is 0 Å². The van der Waals surface area contributed by atoms with Crippen LogP contribution in [0.1, 0.15) is 20.7 Å². The first-order chi connectivity index (χ1) is 12.4. The predicted molar refractivity (Wildman–Crippen MR) is 84.8 cm³/mol. The van der Waals surface area contributed by atoms with Crippen molar-refractivity contribution in [2.75, 3.05) is 33.9 Å². The van der Waals surface area contributed by atoms with E-state index in [1.54, 1.807) is 0 Å². The van der Waals surface area contributed by atoms with Crippen LogP contribution in [0.4, 0.5) is 18.9 Å². The maximum Gasteiger partial charge on any atom is 0.401 e. The number of halogens is 3. The Balaban J connectivity index is 2.31. The Morgan fingerprint density at radius 3 is 2.37 bits per heavy atom. The highest BCUT2D eigenvalue weighted by molar-refractivity contribution is 6.23. The van der Waals surface area contributed by atoms with Gasteiger partial charge in [0.05, 0.1) is 30.2 Å². The van der Waals surface area contributed by atoms with Gasteiger partial charge in [-0.05, 0) is 6.07 Å². The standard InChI is InChI=1S/C15H15F3N4O5/c1-19(2)11(23)6-20(7-15(16,17)18)8-21-13(24)9-4-3-5-10(22(26)27)12(9)14(21)25/h3-5H,6-8H2,1-2H3. The van der Waals surface area contributed by atoms with Gasteiger partial charge in [-0.25, -0.2) is 0 Å². The van der Waals surface area contributed by atoms with Crippen LogP contribution in [0.15, 0.2) is 18.2 Å². The van der Waals surface area contributed by atoms with Crippen molar-refractivity contribution in [2.45, 2.75) is 6.18 Å². The molecular formula is C15H15F3N4O5. The number of nitrogens with zero attached hydrogens (tertiary/aromatic N) is 4. The maximum absolute atomic E-state index is 12.8. The molecule has 1 aliphatic heterocycles. The Hall–Kier alpha value is -3.02. The second-order valence-electron chi connectivity index (χ2n) is 6.03. The lowest BCUT2D eigenvalue weighted by Crippen LogP contribution is -2.48. The summed E-state index contributed by atoms with van der Waals surface area (Å²) < 4.78 is 38.4. The zero-order chi connectivity index (χ0) is 20.5. The molecule has 0 saturated carbocycles. The Kier molecular flexibility index (Phi) is 5.49. The summed E-state index contributed by atoms with van der Waals surface area (Å²) >= 11 is 0. The Morgan fingerprint density at radius 1 is 1.22 bits per heavy atom. The second kappa shape index (κ2) is 7.31. The lowest BCUT2D eigenvalue weighted by Gasteiger charge is -2.27. The van der Waals surface area contributed by atoms with Gasteiger partial charge in [-0.1, -0.05) is 6.07 Å². The minimum absolute atomic E-state index is 0.264. The lowest BCUT2D eigenvalue weighted by molar-refractivity contribution is -0.385. The summed E-state index contributed by atoms with van der Waals surface area (Å²) in [5.74, 6) is -2.70. The zero-order valence-electron chi connectivity index (χ0n) is 14.3. The molecule has 0 spiro atoms. The summed E-state index contributed by atoms with van der Waals surface area (Å²) in [6.07, 6.45) is -4.68. The van der Waals surface area contributed by atoms with E-state index in [0.29, 0.717) is 9.80 Å². The first-order valence-corrected chi connectivity index (χ1v) is 7.55. The SMILES string of the molecule is CN(C)C(=O)CN(CN1C(=O)c2cccc([N+](=O)[O-])c2C1=O)CC(F)(F)F. The van der Waals surface area contributed by atoms with Gasteiger partial charge < -0.3 is 4.90 Å². The predicted octanol–water partition coefficient (Wildman–Crippen LogP) is 1.10. The van der Waals surface area contributed by atoms with E-state index in [9.17, 15) is 37.7 Å². The average Bonchev–Trinajstić information content (AvgIpc) is 2.78. The quantitative estimate of drug-likeness (QED) is 0.411. The van der Waals surface area contributed by atoms with Crippen molar-refractivity contribution >= 4 is 23.4 Å². The molecule has 2 rings (SSSR count). The molecule has 12 heteroatoms. The molecule has 0 N–H and O–H groups in total. The third-order valence-electron chi connectivity index (χ3n) is 3.78. The molecule has 27 heavy (non-hydrogen) atoms. The van der Waals surface area contributed by atoms with E-state index in [1.807, 2.05) is 0 Å². The molecule has 0 radical (unpaired) electrons. The van der Waals surface area contributed by atoms with E-state index in [0.717, 1.165) is 11.0 Å². The first kappa shape index (κ1) is 20.3. The lowest BCUT2D eigenvalue weighted by atomic mass is 10.1. The highest BCUT2D eigenvalue weighted by Crippen LogP contribution is 2.31. The molecule has 0 saturated heterocycles. The van der Waals surface area contributed by atoms with Gasteiger partial charge in [0.2, 0.25) is 5.91 Å². The summed E-state index contributed by atoms with van der Waals surface area (Å²) in [4.78, 5) is 48.9. The number of rotatable bonds is 6. The maximum atomic E-state index is 12.8. The summed E-state index contributed by atoms with van der Waals surface area (Å²) in [5, 5.41) is 11.1. The van der Waals surface area contributed by atoms with Crippen LogP contribution in [0.25, 0.3) is 0 Å². The number of amides is 3. The fraction of sp³-hybridized carbons (Fsp3) is 0.400. The Bertz CT molecular complexity index is 809. The number of nitro groups is 1. The van der Waals surface area contributed by atoms with Crippen LogP contribution >= 0.6 is 0 Å². The number of hydrogen-bond donors (Lipinski definition) is 0. The highest BCUT2D eigenvalue weighted by atomic mass is 19.4. The van der Waals surface area contributed by atoms with Crippen molar-refractivity contribution in [3.63, 3.8) is 0 Å². The number of benzene rings is 1. The molecular weight excluding hydrogens is 373 g/mol. The van der Waals surface area contributed by atoms with Crippen molar-refractivity contribution < 1.29 is 32.5 Å². The molecule has 3 amide bonds. The molecule has 146 valence electrons. The third-order valence-corrected chi connectivity index (χ3v) is 3.78. The van der Waals surface area contributed by atoms with Gasteiger partial charge in [0.15, 0.2) is 0 Å². The van der Waals surface area contributed by atoms with Gasteiger partial charge in [0.25, 0.3) is 17.5 Å². The number of alkyl halides is 3. The van der Waals surface area contributed by atoms with E-state index >= 15 is 0 Å². The minimum atomic E-state index is -4.68. The van der Waals surface area contributed by atoms with Gasteiger partial charge >= 0.3 is 6.18 Å². The topological polar surface area (TPSA) is 104 Å². The van der Waals surface area contributed by atoms with E-state index in [2.05, 4.69) is 0 Å². The van der Waals surface area contributed by atoms with Crippen LogP contribution in [-0.2, 0) is 4.79 Å². The first-order valence-electron chi connectivity index (χ1n) is 7.55. The van der Waals surface area contributed by atoms with Crippen molar-refractivity contribution in [1.29, 1.82) is 0 Å². The van der Waals surface area contributed by atoms with Gasteiger partial charge in [-0.15, -0.1) is 0 Å². The van der Waals surface area contributed by atoms with E-state index in [1.165, 1.54) is 26.2 Å². The summed E-state index contributed by atoms with van der Waals surface area (Å²) in [7, 11) is 2.69. The molecule has 1 aliphatic rings. The number of imide groups is 1. The average molecular weight is 388 g/mol. The minimum Gasteiger partial charge on any atom is -0.348 e. The molecule has 1 aromatic carbocycles. The molecule has 0 atom stereocenters. The second-order valence-corrected chi connectivity index (χ2v) is 6.03. The van der Waals surface area contributed by atoms with E-state index in [4.69, 9.17) is 0 Å². The zero-order valence-corrected chi connectivity index (χ0v) is 14.3. The van der Waals surface area contributed by atoms with Crippen LogP contribution in [-0.4, -0.2) is 77.4 Å². The van der Waals surface area contributed by atoms with Crippen molar-refractivity contribution in [2.24, 2.45) is 0 Å². The molecule has 0 aromatic heterocycles. The van der Waals surface area contributed by atoms with Crippen molar-refractivity contribution in [1.82, 2.24) is 14.7 Å². The third kappa shape index (κ3) is 4.39. The summed E-state index contributed by atoms with van der Waals surface area (Å²) in [5.41, 5.74) is -1.35. The number of likely N-dealkylation sites (N-methyl/N-ethyl adjacent to an activating group) is 1. The number of hydrogen-bond acceptors (Lipinski definition) is 6. The molecule has 9 nitrogen and oxygen atoms in total. The van der Waals surface area contributed by atoms with Crippen LogP contribution < -0.4 is 0 Å². The number of carbonyl (C=O) groups is 3. The number of fused-ring (bicyclic) bond motifs is 1. The van der Waals surface area contributed by atoms with Crippen LogP contribution in [0.3, 0.4) is 0 Å². The fourth-order valence-corrected chi connectivity index (χ4v) is 2.54. The molecule has 0 aliphatic carbocycles. The van der Waals surface area contributed by atoms with E-state index in [-0.39, 0.29) is 5.56 Å². The number of carbonyl (C=O) groups excluding carboxylic acids is 3. The normalized spacial score (nSPS) is 13.9. The smallest absolute Gasteiger partial charge is 0.348 e. The summed E-state index contributed by atoms with van der Waals surface area (Å²) in [6.45, 7) is -3.06. The summed E-state index contributed by atoms with van der Waals surface area (Å²) in [6, 6.07) is 3.41. The van der Waals surface area contributed by atoms with Gasteiger partial charge in [-0.3, -0.25) is 34.3 Å². The molecule has 0 unspecified atom stereocenters. The van der Waals surface area contributed by atoms with Gasteiger partial charge in [0, 0.05) is 20.2 Å². The van der Waals surface area contributed by atoms with Crippen molar-refractivity contribution in [3.8, 4) is 0 Å². The Morgan fingerprint density at radius 2 is 1.85 bits per heavy atom. The fourth-order valence-electron chi connectivity index (χ4n) is 2.54. The van der Waals surface area contributed by atoms with Gasteiger partial charge in [0.1, 0.15) is 5.56 Å². The van der Waals surface area contributed by atoms with Crippen LogP contribution in [0, 0.1) is 10.1 Å². The highest BCUT2D eigenvalue weighted by Gasteiger charge is 2.43. The molecule has 0 fully saturated rings.